The lowest BCUT2D eigenvalue weighted by Gasteiger charge is -2.16. The quantitative estimate of drug-likeness (QED) is 0.742. The molecule has 0 aliphatic heterocycles. The summed E-state index contributed by atoms with van der Waals surface area (Å²) in [6.45, 7) is 2.55. The van der Waals surface area contributed by atoms with Crippen LogP contribution in [0, 0.1) is 0 Å². The Morgan fingerprint density at radius 1 is 1.39 bits per heavy atom. The van der Waals surface area contributed by atoms with Crippen molar-refractivity contribution in [2.45, 2.75) is 25.6 Å². The molecule has 0 amide bonds. The Morgan fingerprint density at radius 2 is 2.11 bits per heavy atom. The Morgan fingerprint density at radius 3 is 2.72 bits per heavy atom. The maximum atomic E-state index is 11.1. The smallest absolute Gasteiger partial charge is 0.337 e. The average Bonchev–Trinajstić information content (AvgIpc) is 2.42. The topological polar surface area (TPSA) is 76.0 Å². The van der Waals surface area contributed by atoms with Gasteiger partial charge in [-0.05, 0) is 24.1 Å². The van der Waals surface area contributed by atoms with Crippen LogP contribution in [0.4, 0.5) is 0 Å². The molecule has 0 heterocycles. The zero-order valence-corrected chi connectivity index (χ0v) is 10.5. The van der Waals surface area contributed by atoms with Gasteiger partial charge in [0.2, 0.25) is 0 Å². The van der Waals surface area contributed by atoms with Crippen molar-refractivity contribution >= 4 is 5.97 Å². The fraction of sp³-hybridized carbons (Fsp3) is 0.462. The summed E-state index contributed by atoms with van der Waals surface area (Å²) in [4.78, 5) is 11.1. The Labute approximate surface area is 106 Å². The Balaban J connectivity index is 2.79. The number of esters is 1. The maximum Gasteiger partial charge on any atom is 0.337 e. The van der Waals surface area contributed by atoms with Crippen molar-refractivity contribution in [2.75, 3.05) is 13.7 Å². The molecule has 0 saturated heterocycles. The summed E-state index contributed by atoms with van der Waals surface area (Å²) in [6.07, 6.45) is -2.06. The molecular formula is C13H18O5. The highest BCUT2D eigenvalue weighted by atomic mass is 16.5. The van der Waals surface area contributed by atoms with Crippen LogP contribution in [0.5, 0.6) is 5.75 Å². The molecule has 0 saturated carbocycles. The van der Waals surface area contributed by atoms with E-state index in [1.165, 1.54) is 0 Å². The van der Waals surface area contributed by atoms with Gasteiger partial charge in [-0.25, -0.2) is 4.79 Å². The summed E-state index contributed by atoms with van der Waals surface area (Å²) in [6, 6.07) is 6.63. The van der Waals surface area contributed by atoms with E-state index >= 15 is 0 Å². The molecule has 0 aliphatic carbocycles. The second-order valence-electron chi connectivity index (χ2n) is 3.83. The highest BCUT2D eigenvalue weighted by molar-refractivity contribution is 5.75. The van der Waals surface area contributed by atoms with E-state index in [-0.39, 0.29) is 0 Å². The summed E-state index contributed by atoms with van der Waals surface area (Å²) in [5.41, 5.74) is 0.404. The minimum absolute atomic E-state index is 0.404. The highest BCUT2D eigenvalue weighted by Crippen LogP contribution is 2.22. The highest BCUT2D eigenvalue weighted by Gasteiger charge is 2.26. The molecule has 5 nitrogen and oxygen atoms in total. The van der Waals surface area contributed by atoms with Gasteiger partial charge < -0.3 is 19.7 Å². The number of aliphatic hydroxyl groups is 2. The average molecular weight is 254 g/mol. The van der Waals surface area contributed by atoms with Crippen LogP contribution in [0.2, 0.25) is 0 Å². The molecule has 0 bridgehead atoms. The maximum absolute atomic E-state index is 11.1. The number of hydrogen-bond acceptors (Lipinski definition) is 5. The molecule has 5 heteroatoms. The molecule has 100 valence electrons. The number of ether oxygens (including phenoxy) is 2. The van der Waals surface area contributed by atoms with E-state index in [4.69, 9.17) is 4.74 Å². The normalized spacial score (nSPS) is 13.8. The minimum Gasteiger partial charge on any atom is -0.494 e. The van der Waals surface area contributed by atoms with E-state index in [1.807, 2.05) is 6.92 Å². The Kier molecular flexibility index (Phi) is 5.61. The number of rotatable bonds is 6. The van der Waals surface area contributed by atoms with Crippen molar-refractivity contribution in [1.29, 1.82) is 0 Å². The van der Waals surface area contributed by atoms with Crippen LogP contribution in [0.3, 0.4) is 0 Å². The van der Waals surface area contributed by atoms with Gasteiger partial charge in [-0.15, -0.1) is 0 Å². The van der Waals surface area contributed by atoms with Gasteiger partial charge in [-0.2, -0.15) is 0 Å². The molecule has 1 aromatic rings. The Bertz CT molecular complexity index is 391. The third-order valence-electron chi connectivity index (χ3n) is 2.41. The zero-order chi connectivity index (χ0) is 13.5. The van der Waals surface area contributed by atoms with E-state index < -0.39 is 18.2 Å². The molecule has 2 unspecified atom stereocenters. The number of aliphatic hydroxyl groups excluding tert-OH is 2. The molecule has 1 rings (SSSR count). The van der Waals surface area contributed by atoms with Crippen LogP contribution in [0.1, 0.15) is 25.0 Å². The van der Waals surface area contributed by atoms with Crippen LogP contribution in [-0.4, -0.2) is 36.0 Å². The van der Waals surface area contributed by atoms with Crippen LogP contribution in [0.15, 0.2) is 24.3 Å². The summed E-state index contributed by atoms with van der Waals surface area (Å²) in [5, 5.41) is 19.4. The predicted octanol–water partition coefficient (Wildman–Crippen LogP) is 1.04. The van der Waals surface area contributed by atoms with Crippen molar-refractivity contribution in [2.24, 2.45) is 0 Å². The van der Waals surface area contributed by atoms with Gasteiger partial charge >= 0.3 is 5.97 Å². The first-order valence-electron chi connectivity index (χ1n) is 5.76. The summed E-state index contributed by atoms with van der Waals surface area (Å²) in [5.74, 6) is -0.284. The SMILES string of the molecule is CCCOc1cccc(C(O)C(O)C(=O)OC)c1. The lowest BCUT2D eigenvalue weighted by Crippen LogP contribution is -2.29. The molecule has 0 spiro atoms. The monoisotopic (exact) mass is 254 g/mol. The lowest BCUT2D eigenvalue weighted by molar-refractivity contribution is -0.156. The van der Waals surface area contributed by atoms with Gasteiger partial charge in [-0.3, -0.25) is 0 Å². The summed E-state index contributed by atoms with van der Waals surface area (Å²) >= 11 is 0. The van der Waals surface area contributed by atoms with Gasteiger partial charge in [0.1, 0.15) is 11.9 Å². The third kappa shape index (κ3) is 3.72. The molecule has 0 aromatic heterocycles. The largest absolute Gasteiger partial charge is 0.494 e. The van der Waals surface area contributed by atoms with Crippen molar-refractivity contribution < 1.29 is 24.5 Å². The van der Waals surface area contributed by atoms with Gasteiger partial charge in [0.15, 0.2) is 6.10 Å². The molecule has 0 radical (unpaired) electrons. The summed E-state index contributed by atoms with van der Waals surface area (Å²) in [7, 11) is 1.15. The van der Waals surface area contributed by atoms with Crippen molar-refractivity contribution in [1.82, 2.24) is 0 Å². The molecule has 18 heavy (non-hydrogen) atoms. The van der Waals surface area contributed by atoms with Crippen molar-refractivity contribution in [3.8, 4) is 5.75 Å². The van der Waals surface area contributed by atoms with Gasteiger partial charge in [0, 0.05) is 0 Å². The first-order valence-corrected chi connectivity index (χ1v) is 5.76. The second kappa shape index (κ2) is 6.98. The molecule has 2 atom stereocenters. The predicted molar refractivity (Wildman–Crippen MR) is 65.2 cm³/mol. The number of carbonyl (C=O) groups excluding carboxylic acids is 1. The van der Waals surface area contributed by atoms with Crippen LogP contribution < -0.4 is 4.74 Å². The van der Waals surface area contributed by atoms with Gasteiger partial charge in [0.25, 0.3) is 0 Å². The molecule has 1 aromatic carbocycles. The molecular weight excluding hydrogens is 236 g/mol. The third-order valence-corrected chi connectivity index (χ3v) is 2.41. The van der Waals surface area contributed by atoms with Crippen LogP contribution >= 0.6 is 0 Å². The number of hydrogen-bond donors (Lipinski definition) is 2. The van der Waals surface area contributed by atoms with E-state index in [9.17, 15) is 15.0 Å². The van der Waals surface area contributed by atoms with E-state index in [2.05, 4.69) is 4.74 Å². The molecule has 0 aliphatic rings. The van der Waals surface area contributed by atoms with Crippen molar-refractivity contribution in [3.05, 3.63) is 29.8 Å². The first-order chi connectivity index (χ1) is 8.60. The van der Waals surface area contributed by atoms with E-state index in [0.29, 0.717) is 17.9 Å². The van der Waals surface area contributed by atoms with Gasteiger partial charge in [0.05, 0.1) is 13.7 Å². The fourth-order valence-electron chi connectivity index (χ4n) is 1.44. The van der Waals surface area contributed by atoms with Gasteiger partial charge in [-0.1, -0.05) is 19.1 Å². The minimum atomic E-state index is -1.60. The number of carbonyl (C=O) groups is 1. The molecule has 0 fully saturated rings. The number of methoxy groups -OCH3 is 1. The standard InChI is InChI=1S/C13H18O5/c1-3-7-18-10-6-4-5-9(8-10)11(14)12(15)13(16)17-2/h4-6,8,11-12,14-15H,3,7H2,1-2H3. The number of benzene rings is 1. The van der Waals surface area contributed by atoms with E-state index in [0.717, 1.165) is 13.5 Å². The first kappa shape index (κ1) is 14.5. The summed E-state index contributed by atoms with van der Waals surface area (Å²) < 4.78 is 9.77. The zero-order valence-electron chi connectivity index (χ0n) is 10.5. The second-order valence-corrected chi connectivity index (χ2v) is 3.83. The molecule has 2 N–H and O–H groups in total. The Hall–Kier alpha value is -1.59. The van der Waals surface area contributed by atoms with Crippen molar-refractivity contribution in [3.63, 3.8) is 0 Å². The van der Waals surface area contributed by atoms with Crippen LogP contribution in [-0.2, 0) is 9.53 Å². The fourth-order valence-corrected chi connectivity index (χ4v) is 1.44. The van der Waals surface area contributed by atoms with E-state index in [1.54, 1.807) is 24.3 Å². The lowest BCUT2D eigenvalue weighted by atomic mass is 10.0. The van der Waals surface area contributed by atoms with Crippen LogP contribution in [0.25, 0.3) is 0 Å².